The lowest BCUT2D eigenvalue weighted by Crippen LogP contribution is -2.24. The van der Waals surface area contributed by atoms with Gasteiger partial charge in [-0.25, -0.2) is 0 Å². The Bertz CT molecular complexity index is 558. The van der Waals surface area contributed by atoms with E-state index in [9.17, 15) is 8.78 Å². The van der Waals surface area contributed by atoms with Crippen molar-refractivity contribution in [3.05, 3.63) is 41.5 Å². The van der Waals surface area contributed by atoms with Gasteiger partial charge >= 0.3 is 6.61 Å². The minimum absolute atomic E-state index is 0.128. The largest absolute Gasteiger partial charge is 0.435 e. The lowest BCUT2D eigenvalue weighted by atomic mass is 10.1. The molecule has 0 aliphatic heterocycles. The molecule has 2 rings (SSSR count). The van der Waals surface area contributed by atoms with Crippen molar-refractivity contribution >= 4 is 0 Å². The molecule has 1 N–H and O–H groups in total. The van der Waals surface area contributed by atoms with Gasteiger partial charge in [0.05, 0.1) is 6.42 Å². The van der Waals surface area contributed by atoms with Gasteiger partial charge in [-0.1, -0.05) is 17.3 Å². The van der Waals surface area contributed by atoms with Crippen molar-refractivity contribution in [3.63, 3.8) is 0 Å². The summed E-state index contributed by atoms with van der Waals surface area (Å²) in [5.74, 6) is 1.27. The summed E-state index contributed by atoms with van der Waals surface area (Å²) in [5.41, 5.74) is 0.883. The first-order valence-electron chi connectivity index (χ1n) is 6.59. The van der Waals surface area contributed by atoms with Crippen LogP contribution in [-0.4, -0.2) is 29.8 Å². The van der Waals surface area contributed by atoms with Crippen molar-refractivity contribution in [1.29, 1.82) is 0 Å². The van der Waals surface area contributed by atoms with Crippen LogP contribution in [-0.2, 0) is 12.8 Å². The standard InChI is InChI=1S/C14H17F2N3O2/c1-9(17-2)7-12-18-13(21-19-12)8-10-3-5-11(6-4-10)20-14(15)16/h3-6,9,14,17H,7-8H2,1-2H3. The van der Waals surface area contributed by atoms with E-state index in [0.717, 1.165) is 5.56 Å². The molecule has 0 saturated heterocycles. The lowest BCUT2D eigenvalue weighted by Gasteiger charge is -2.05. The van der Waals surface area contributed by atoms with Gasteiger partial charge in [-0.15, -0.1) is 0 Å². The van der Waals surface area contributed by atoms with Crippen LogP contribution < -0.4 is 10.1 Å². The van der Waals surface area contributed by atoms with Crippen LogP contribution in [0.1, 0.15) is 24.2 Å². The number of hydrogen-bond donors (Lipinski definition) is 1. The van der Waals surface area contributed by atoms with Gasteiger partial charge < -0.3 is 14.6 Å². The molecule has 7 heteroatoms. The molecule has 1 unspecified atom stereocenters. The molecule has 0 bridgehead atoms. The second-order valence-electron chi connectivity index (χ2n) is 4.70. The molecular formula is C14H17F2N3O2. The highest BCUT2D eigenvalue weighted by molar-refractivity contribution is 5.28. The van der Waals surface area contributed by atoms with Crippen LogP contribution in [0.5, 0.6) is 5.75 Å². The lowest BCUT2D eigenvalue weighted by molar-refractivity contribution is -0.0498. The number of nitrogens with one attached hydrogen (secondary N) is 1. The molecule has 21 heavy (non-hydrogen) atoms. The van der Waals surface area contributed by atoms with Crippen LogP contribution in [0, 0.1) is 0 Å². The number of likely N-dealkylation sites (N-methyl/N-ethyl adjacent to an activating group) is 1. The highest BCUT2D eigenvalue weighted by Crippen LogP contribution is 2.16. The third-order valence-electron chi connectivity index (χ3n) is 3.00. The van der Waals surface area contributed by atoms with Crippen LogP contribution in [0.15, 0.2) is 28.8 Å². The summed E-state index contributed by atoms with van der Waals surface area (Å²) in [6.45, 7) is -0.791. The van der Waals surface area contributed by atoms with Crippen LogP contribution in [0.2, 0.25) is 0 Å². The monoisotopic (exact) mass is 297 g/mol. The summed E-state index contributed by atoms with van der Waals surface area (Å²) in [4.78, 5) is 4.30. The summed E-state index contributed by atoms with van der Waals surface area (Å²) in [6, 6.07) is 6.63. The Morgan fingerprint density at radius 2 is 2.00 bits per heavy atom. The van der Waals surface area contributed by atoms with Crippen LogP contribution in [0.25, 0.3) is 0 Å². The van der Waals surface area contributed by atoms with E-state index in [0.29, 0.717) is 24.6 Å². The molecule has 1 heterocycles. The minimum atomic E-state index is -2.82. The molecule has 1 atom stereocenters. The number of nitrogens with zero attached hydrogens (tertiary/aromatic N) is 2. The maximum absolute atomic E-state index is 12.0. The molecule has 0 radical (unpaired) electrons. The Labute approximate surface area is 121 Å². The molecule has 0 aliphatic carbocycles. The summed E-state index contributed by atoms with van der Waals surface area (Å²) >= 11 is 0. The Morgan fingerprint density at radius 3 is 2.62 bits per heavy atom. The molecule has 1 aromatic carbocycles. The van der Waals surface area contributed by atoms with E-state index in [-0.39, 0.29) is 11.8 Å². The number of alkyl halides is 2. The zero-order valence-corrected chi connectivity index (χ0v) is 11.8. The predicted molar refractivity (Wildman–Crippen MR) is 72.4 cm³/mol. The average Bonchev–Trinajstić information content (AvgIpc) is 2.87. The van der Waals surface area contributed by atoms with Crippen LogP contribution in [0.3, 0.4) is 0 Å². The topological polar surface area (TPSA) is 60.2 Å². The van der Waals surface area contributed by atoms with Gasteiger partial charge in [-0.3, -0.25) is 0 Å². The quantitative estimate of drug-likeness (QED) is 0.850. The van der Waals surface area contributed by atoms with Crippen LogP contribution >= 0.6 is 0 Å². The first-order chi connectivity index (χ1) is 10.1. The number of rotatable bonds is 7. The smallest absolute Gasteiger partial charge is 0.387 e. The highest BCUT2D eigenvalue weighted by atomic mass is 19.3. The molecular weight excluding hydrogens is 280 g/mol. The summed E-state index contributed by atoms with van der Waals surface area (Å²) in [7, 11) is 1.87. The molecule has 2 aromatic rings. The first-order valence-corrected chi connectivity index (χ1v) is 6.59. The van der Waals surface area contributed by atoms with E-state index in [1.54, 1.807) is 12.1 Å². The zero-order chi connectivity index (χ0) is 15.2. The SMILES string of the molecule is CNC(C)Cc1noc(Cc2ccc(OC(F)F)cc2)n1. The molecule has 0 saturated carbocycles. The Kier molecular flexibility index (Phi) is 5.21. The Balaban J connectivity index is 1.95. The Morgan fingerprint density at radius 1 is 1.29 bits per heavy atom. The zero-order valence-electron chi connectivity index (χ0n) is 11.8. The van der Waals surface area contributed by atoms with Crippen molar-refractivity contribution < 1.29 is 18.0 Å². The number of halogens is 2. The van der Waals surface area contributed by atoms with Gasteiger partial charge in [0, 0.05) is 12.5 Å². The van der Waals surface area contributed by atoms with Crippen molar-refractivity contribution in [2.45, 2.75) is 32.4 Å². The second-order valence-corrected chi connectivity index (χ2v) is 4.70. The third kappa shape index (κ3) is 4.78. The summed E-state index contributed by atoms with van der Waals surface area (Å²) in [5, 5.41) is 7.00. The number of hydrogen-bond acceptors (Lipinski definition) is 5. The van der Waals surface area contributed by atoms with Gasteiger partial charge in [-0.2, -0.15) is 13.8 Å². The summed E-state index contributed by atoms with van der Waals surface area (Å²) < 4.78 is 33.5. The summed E-state index contributed by atoms with van der Waals surface area (Å²) in [6.07, 6.45) is 1.14. The van der Waals surface area contributed by atoms with Gasteiger partial charge in [-0.05, 0) is 31.7 Å². The van der Waals surface area contributed by atoms with E-state index in [1.807, 2.05) is 14.0 Å². The molecule has 0 aliphatic rings. The average molecular weight is 297 g/mol. The van der Waals surface area contributed by atoms with Gasteiger partial charge in [0.25, 0.3) is 0 Å². The normalized spacial score (nSPS) is 12.6. The van der Waals surface area contributed by atoms with E-state index < -0.39 is 6.61 Å². The first kappa shape index (κ1) is 15.4. The van der Waals surface area contributed by atoms with E-state index >= 15 is 0 Å². The predicted octanol–water partition coefficient (Wildman–Crippen LogP) is 2.41. The number of ether oxygens (including phenoxy) is 1. The molecule has 1 aromatic heterocycles. The van der Waals surface area contributed by atoms with Gasteiger partial charge in [0.15, 0.2) is 5.82 Å². The molecule has 0 amide bonds. The third-order valence-corrected chi connectivity index (χ3v) is 3.00. The number of aromatic nitrogens is 2. The highest BCUT2D eigenvalue weighted by Gasteiger charge is 2.10. The fraction of sp³-hybridized carbons (Fsp3) is 0.429. The van der Waals surface area contributed by atoms with Crippen molar-refractivity contribution in [1.82, 2.24) is 15.5 Å². The molecule has 114 valence electrons. The Hall–Kier alpha value is -2.02. The fourth-order valence-corrected chi connectivity index (χ4v) is 1.78. The van der Waals surface area contributed by atoms with Crippen LogP contribution in [0.4, 0.5) is 8.78 Å². The van der Waals surface area contributed by atoms with Crippen molar-refractivity contribution in [2.75, 3.05) is 7.05 Å². The fourth-order valence-electron chi connectivity index (χ4n) is 1.78. The maximum atomic E-state index is 12.0. The number of benzene rings is 1. The molecule has 5 nitrogen and oxygen atoms in total. The van der Waals surface area contributed by atoms with Crippen molar-refractivity contribution in [3.8, 4) is 5.75 Å². The maximum Gasteiger partial charge on any atom is 0.387 e. The van der Waals surface area contributed by atoms with Gasteiger partial charge in [0.1, 0.15) is 5.75 Å². The second kappa shape index (κ2) is 7.12. The van der Waals surface area contributed by atoms with E-state index in [2.05, 4.69) is 20.2 Å². The minimum Gasteiger partial charge on any atom is -0.435 e. The van der Waals surface area contributed by atoms with Gasteiger partial charge in [0.2, 0.25) is 5.89 Å². The van der Waals surface area contributed by atoms with E-state index in [4.69, 9.17) is 4.52 Å². The molecule has 0 spiro atoms. The molecule has 0 fully saturated rings. The van der Waals surface area contributed by atoms with Crippen molar-refractivity contribution in [2.24, 2.45) is 0 Å². The van der Waals surface area contributed by atoms with E-state index in [1.165, 1.54) is 12.1 Å².